The topological polar surface area (TPSA) is 67.7 Å². The van der Waals surface area contributed by atoms with Crippen molar-refractivity contribution in [2.45, 2.75) is 6.61 Å². The first-order chi connectivity index (χ1) is 10.2. The van der Waals surface area contributed by atoms with E-state index in [1.807, 2.05) is 18.2 Å². The number of rotatable bonds is 3. The van der Waals surface area contributed by atoms with Crippen molar-refractivity contribution in [1.29, 1.82) is 0 Å². The van der Waals surface area contributed by atoms with Gasteiger partial charge in [-0.25, -0.2) is 4.79 Å². The Balaban J connectivity index is 1.76. The second kappa shape index (κ2) is 5.59. The number of carbonyl (C=O) groups excluding carboxylic acids is 1. The molecule has 3 rings (SSSR count). The van der Waals surface area contributed by atoms with E-state index in [-0.39, 0.29) is 5.97 Å². The van der Waals surface area contributed by atoms with Crippen LogP contribution >= 0.6 is 0 Å². The number of hydrogen-bond acceptors (Lipinski definition) is 4. The molecule has 0 atom stereocenters. The van der Waals surface area contributed by atoms with Crippen LogP contribution in [0.25, 0.3) is 0 Å². The van der Waals surface area contributed by atoms with E-state index < -0.39 is 7.12 Å². The van der Waals surface area contributed by atoms with E-state index in [2.05, 4.69) is 4.74 Å². The second-order valence-electron chi connectivity index (χ2n) is 4.67. The van der Waals surface area contributed by atoms with Crippen LogP contribution in [0.3, 0.4) is 0 Å². The maximum atomic E-state index is 11.3. The van der Waals surface area contributed by atoms with E-state index in [0.717, 1.165) is 11.0 Å². The maximum absolute atomic E-state index is 11.3. The van der Waals surface area contributed by atoms with Crippen LogP contribution in [0.15, 0.2) is 42.5 Å². The van der Waals surface area contributed by atoms with Crippen molar-refractivity contribution in [3.05, 3.63) is 53.6 Å². The van der Waals surface area contributed by atoms with Gasteiger partial charge in [-0.1, -0.05) is 6.07 Å². The van der Waals surface area contributed by atoms with E-state index in [1.54, 1.807) is 24.3 Å². The average Bonchev–Trinajstić information content (AvgIpc) is 2.88. The summed E-state index contributed by atoms with van der Waals surface area (Å²) in [6.07, 6.45) is 0. The fourth-order valence-electron chi connectivity index (χ4n) is 2.20. The van der Waals surface area contributed by atoms with Crippen molar-refractivity contribution in [3.8, 4) is 11.5 Å². The molecule has 1 aliphatic rings. The number of methoxy groups -OCH3 is 1. The Morgan fingerprint density at radius 3 is 2.62 bits per heavy atom. The van der Waals surface area contributed by atoms with E-state index >= 15 is 0 Å². The second-order valence-corrected chi connectivity index (χ2v) is 4.67. The molecule has 1 aliphatic heterocycles. The molecule has 106 valence electrons. The molecular formula is C15H14BO5+. The third-order valence-electron chi connectivity index (χ3n) is 3.31. The maximum Gasteiger partial charge on any atom is 0.731 e. The number of hydrogen-bond donors (Lipinski definition) is 0. The van der Waals surface area contributed by atoms with Gasteiger partial charge in [-0.2, -0.15) is 0 Å². The Morgan fingerprint density at radius 2 is 1.90 bits per heavy atom. The normalized spacial score (nSPS) is 13.0. The molecule has 0 bridgehead atoms. The lowest BCUT2D eigenvalue weighted by Crippen LogP contribution is -2.27. The molecule has 5 nitrogen and oxygen atoms in total. The minimum absolute atomic E-state index is 0.377. The first-order valence-electron chi connectivity index (χ1n) is 6.49. The van der Waals surface area contributed by atoms with Gasteiger partial charge in [0.25, 0.3) is 0 Å². The molecule has 2 aromatic rings. The zero-order valence-electron chi connectivity index (χ0n) is 11.5. The summed E-state index contributed by atoms with van der Waals surface area (Å²) in [6, 6.07) is 12.3. The zero-order chi connectivity index (χ0) is 14.8. The summed E-state index contributed by atoms with van der Waals surface area (Å²) in [5.41, 5.74) is 2.33. The van der Waals surface area contributed by atoms with Gasteiger partial charge in [0, 0.05) is 0 Å². The van der Waals surface area contributed by atoms with Crippen LogP contribution in [0, 0.1) is 0 Å². The third kappa shape index (κ3) is 2.77. The molecule has 0 saturated heterocycles. The number of carbonyl (C=O) groups is 1. The van der Waals surface area contributed by atoms with E-state index in [4.69, 9.17) is 14.4 Å². The minimum atomic E-state index is -0.603. The van der Waals surface area contributed by atoms with Crippen molar-refractivity contribution in [2.75, 3.05) is 7.11 Å². The van der Waals surface area contributed by atoms with Crippen LogP contribution in [-0.2, 0) is 16.0 Å². The fourth-order valence-corrected chi connectivity index (χ4v) is 2.20. The van der Waals surface area contributed by atoms with Crippen molar-refractivity contribution in [1.82, 2.24) is 0 Å². The SMILES string of the molecule is COC(=O)c1ccc(Oc2ccc3c(c2)COB3[OH2+])cc1. The molecule has 0 radical (unpaired) electrons. The zero-order valence-corrected chi connectivity index (χ0v) is 11.5. The van der Waals surface area contributed by atoms with Gasteiger partial charge in [-0.05, 0) is 42.0 Å². The fraction of sp³-hybridized carbons (Fsp3) is 0.133. The first-order valence-corrected chi connectivity index (χ1v) is 6.49. The van der Waals surface area contributed by atoms with E-state index in [1.165, 1.54) is 7.11 Å². The summed E-state index contributed by atoms with van der Waals surface area (Å²) < 4.78 is 15.6. The first kappa shape index (κ1) is 13.7. The monoisotopic (exact) mass is 285 g/mol. The standard InChI is InChI=1S/C15H13BO5/c1-19-15(17)10-2-4-12(5-3-10)21-13-6-7-14-11(8-13)9-20-16(14)18/h2-8,18H,9H2,1H3/p+1. The highest BCUT2D eigenvalue weighted by Crippen LogP contribution is 2.24. The van der Waals surface area contributed by atoms with Crippen molar-refractivity contribution < 1.29 is 23.9 Å². The number of ether oxygens (including phenoxy) is 2. The smallest absolute Gasteiger partial charge is 0.522 e. The highest BCUT2D eigenvalue weighted by atomic mass is 16.5. The molecule has 21 heavy (non-hydrogen) atoms. The lowest BCUT2D eigenvalue weighted by Gasteiger charge is -2.07. The lowest BCUT2D eigenvalue weighted by molar-refractivity contribution is 0.0600. The van der Waals surface area contributed by atoms with Gasteiger partial charge in [0.15, 0.2) is 0 Å². The minimum Gasteiger partial charge on any atom is -0.522 e. The van der Waals surface area contributed by atoms with Gasteiger partial charge in [-0.15, -0.1) is 0 Å². The molecule has 2 aromatic carbocycles. The lowest BCUT2D eigenvalue weighted by atomic mass is 9.80. The number of esters is 1. The van der Waals surface area contributed by atoms with Crippen molar-refractivity contribution >= 4 is 18.6 Å². The summed E-state index contributed by atoms with van der Waals surface area (Å²) >= 11 is 0. The van der Waals surface area contributed by atoms with Gasteiger partial charge in [0.05, 0.1) is 24.7 Å². The molecule has 0 unspecified atom stereocenters. The molecule has 6 heteroatoms. The molecule has 0 spiro atoms. The Hall–Kier alpha value is -2.31. The van der Waals surface area contributed by atoms with Gasteiger partial charge in [0.1, 0.15) is 11.5 Å². The van der Waals surface area contributed by atoms with Gasteiger partial charge in [0.2, 0.25) is 0 Å². The van der Waals surface area contributed by atoms with E-state index in [9.17, 15) is 4.79 Å². The Bertz CT molecular complexity index is 668. The van der Waals surface area contributed by atoms with Crippen LogP contribution in [-0.4, -0.2) is 25.2 Å². The Kier molecular flexibility index (Phi) is 3.64. The number of benzene rings is 2. The molecule has 1 heterocycles. The van der Waals surface area contributed by atoms with Gasteiger partial charge >= 0.3 is 13.1 Å². The van der Waals surface area contributed by atoms with Crippen LogP contribution in [0.2, 0.25) is 0 Å². The summed E-state index contributed by atoms with van der Waals surface area (Å²) in [7, 11) is 0.743. The number of fused-ring (bicyclic) bond motifs is 1. The molecule has 0 saturated carbocycles. The summed E-state index contributed by atoms with van der Waals surface area (Å²) in [6.45, 7) is 0.433. The van der Waals surface area contributed by atoms with Gasteiger partial charge in [-0.3, -0.25) is 0 Å². The molecule has 0 fully saturated rings. The molecule has 0 aliphatic carbocycles. The Labute approximate surface area is 122 Å². The third-order valence-corrected chi connectivity index (χ3v) is 3.31. The Morgan fingerprint density at radius 1 is 1.19 bits per heavy atom. The largest absolute Gasteiger partial charge is 0.731 e. The molecule has 2 N–H and O–H groups in total. The van der Waals surface area contributed by atoms with Crippen LogP contribution in [0.4, 0.5) is 0 Å². The average molecular weight is 285 g/mol. The highest BCUT2D eigenvalue weighted by Gasteiger charge is 2.36. The summed E-state index contributed by atoms with van der Waals surface area (Å²) in [4.78, 5) is 11.3. The van der Waals surface area contributed by atoms with Crippen LogP contribution in [0.1, 0.15) is 15.9 Å². The molecule has 0 amide bonds. The molecular weight excluding hydrogens is 271 g/mol. The predicted molar refractivity (Wildman–Crippen MR) is 78.1 cm³/mol. The van der Waals surface area contributed by atoms with Crippen molar-refractivity contribution in [2.24, 2.45) is 0 Å². The van der Waals surface area contributed by atoms with Crippen LogP contribution in [0.5, 0.6) is 11.5 Å². The van der Waals surface area contributed by atoms with E-state index in [0.29, 0.717) is 23.7 Å². The van der Waals surface area contributed by atoms with Gasteiger partial charge < -0.3 is 19.2 Å². The summed E-state index contributed by atoms with van der Waals surface area (Å²) in [5, 5.41) is 7.68. The molecule has 0 aromatic heterocycles. The summed E-state index contributed by atoms with van der Waals surface area (Å²) in [5.74, 6) is 0.930. The quantitative estimate of drug-likeness (QED) is 0.483. The predicted octanol–water partition coefficient (Wildman–Crippen LogP) is 1.22. The van der Waals surface area contributed by atoms with Crippen LogP contribution < -0.4 is 10.2 Å². The highest BCUT2D eigenvalue weighted by molar-refractivity contribution is 6.61. The van der Waals surface area contributed by atoms with Crippen molar-refractivity contribution in [3.63, 3.8) is 0 Å².